The number of carbonyl (C=O) groups excluding carboxylic acids is 2. The van der Waals surface area contributed by atoms with Crippen LogP contribution in [-0.4, -0.2) is 37.1 Å². The molecule has 0 unspecified atom stereocenters. The maximum atomic E-state index is 12.3. The molecule has 0 atom stereocenters. The highest BCUT2D eigenvalue weighted by Crippen LogP contribution is 2.28. The molecule has 0 spiro atoms. The molecule has 1 rings (SSSR count). The Morgan fingerprint density at radius 3 is 2.16 bits per heavy atom. The molecule has 0 heterocycles. The second-order valence-electron chi connectivity index (χ2n) is 6.84. The minimum Gasteiger partial charge on any atom is -0.490 e. The van der Waals surface area contributed by atoms with E-state index in [1.165, 1.54) is 0 Å². The van der Waals surface area contributed by atoms with E-state index in [-0.39, 0.29) is 23.9 Å². The van der Waals surface area contributed by atoms with Gasteiger partial charge >= 0.3 is 0 Å². The van der Waals surface area contributed by atoms with Gasteiger partial charge in [-0.1, -0.05) is 13.8 Å². The molecule has 6 nitrogen and oxygen atoms in total. The molecule has 1 aromatic carbocycles. The molecule has 0 radical (unpaired) electrons. The van der Waals surface area contributed by atoms with E-state index in [0.29, 0.717) is 30.3 Å². The van der Waals surface area contributed by atoms with Crippen molar-refractivity contribution in [3.63, 3.8) is 0 Å². The first-order valence-corrected chi connectivity index (χ1v) is 8.75. The van der Waals surface area contributed by atoms with Crippen molar-refractivity contribution in [1.29, 1.82) is 0 Å². The number of carbonyl (C=O) groups is 2. The number of rotatable bonds is 9. The highest BCUT2D eigenvalue weighted by Gasteiger charge is 2.16. The van der Waals surface area contributed by atoms with E-state index in [0.717, 1.165) is 12.8 Å². The maximum Gasteiger partial charge on any atom is 0.251 e. The highest BCUT2D eigenvalue weighted by atomic mass is 16.5. The molecule has 2 amide bonds. The first kappa shape index (κ1) is 20.8. The molecule has 0 aliphatic carbocycles. The Bertz CT molecular complexity index is 579. The third-order valence-electron chi connectivity index (χ3n) is 3.05. The van der Waals surface area contributed by atoms with Crippen molar-refractivity contribution in [3.05, 3.63) is 23.8 Å². The molecule has 0 saturated heterocycles. The summed E-state index contributed by atoms with van der Waals surface area (Å²) in [6.45, 7) is 10.8. The molecule has 25 heavy (non-hydrogen) atoms. The first-order valence-electron chi connectivity index (χ1n) is 8.75. The Labute approximate surface area is 150 Å². The lowest BCUT2D eigenvalue weighted by atomic mass is 10.1. The number of ether oxygens (including phenoxy) is 2. The summed E-state index contributed by atoms with van der Waals surface area (Å²) in [6, 6.07) is 5.04. The molecule has 0 aliphatic rings. The molecule has 0 aromatic heterocycles. The van der Waals surface area contributed by atoms with Crippen LogP contribution < -0.4 is 20.1 Å². The Morgan fingerprint density at radius 1 is 1.00 bits per heavy atom. The van der Waals surface area contributed by atoms with E-state index >= 15 is 0 Å². The van der Waals surface area contributed by atoms with Gasteiger partial charge in [0.05, 0.1) is 19.8 Å². The summed E-state index contributed by atoms with van der Waals surface area (Å²) in [5, 5.41) is 5.42. The lowest BCUT2D eigenvalue weighted by Crippen LogP contribution is -2.45. The third kappa shape index (κ3) is 7.92. The van der Waals surface area contributed by atoms with E-state index in [1.54, 1.807) is 18.2 Å². The Morgan fingerprint density at radius 2 is 1.60 bits per heavy atom. The van der Waals surface area contributed by atoms with Crippen LogP contribution in [0.3, 0.4) is 0 Å². The van der Waals surface area contributed by atoms with Crippen LogP contribution in [0.25, 0.3) is 0 Å². The predicted molar refractivity (Wildman–Crippen MR) is 98.2 cm³/mol. The van der Waals surface area contributed by atoms with Gasteiger partial charge in [-0.2, -0.15) is 0 Å². The Balaban J connectivity index is 2.75. The van der Waals surface area contributed by atoms with Crippen molar-refractivity contribution in [2.45, 2.75) is 53.0 Å². The number of hydrogen-bond acceptors (Lipinski definition) is 4. The molecule has 0 saturated carbocycles. The summed E-state index contributed by atoms with van der Waals surface area (Å²) in [4.78, 5) is 24.1. The first-order chi connectivity index (χ1) is 11.8. The van der Waals surface area contributed by atoms with Gasteiger partial charge < -0.3 is 20.1 Å². The van der Waals surface area contributed by atoms with E-state index in [9.17, 15) is 9.59 Å². The van der Waals surface area contributed by atoms with Gasteiger partial charge in [-0.05, 0) is 51.8 Å². The molecular formula is C19H30N2O4. The van der Waals surface area contributed by atoms with E-state index < -0.39 is 0 Å². The predicted octanol–water partition coefficient (Wildman–Crippen LogP) is 2.91. The molecular weight excluding hydrogens is 320 g/mol. The minimum atomic E-state index is -0.332. The molecule has 1 aromatic rings. The summed E-state index contributed by atoms with van der Waals surface area (Å²) < 4.78 is 11.3. The zero-order valence-electron chi connectivity index (χ0n) is 15.9. The quantitative estimate of drug-likeness (QED) is 0.718. The number of amides is 2. The van der Waals surface area contributed by atoms with Crippen LogP contribution in [0.5, 0.6) is 11.5 Å². The SMILES string of the molecule is CCCOc1ccc(C(=O)NCC(=O)NC(C)(C)C)cc1OCCC. The van der Waals surface area contributed by atoms with Crippen molar-refractivity contribution in [3.8, 4) is 11.5 Å². The average Bonchev–Trinajstić information content (AvgIpc) is 2.54. The average molecular weight is 350 g/mol. The number of hydrogen-bond donors (Lipinski definition) is 2. The largest absolute Gasteiger partial charge is 0.490 e. The van der Waals surface area contributed by atoms with Gasteiger partial charge in [0.1, 0.15) is 0 Å². The van der Waals surface area contributed by atoms with Crippen molar-refractivity contribution in [2.75, 3.05) is 19.8 Å². The summed E-state index contributed by atoms with van der Waals surface area (Å²) >= 11 is 0. The second-order valence-corrected chi connectivity index (χ2v) is 6.84. The highest BCUT2D eigenvalue weighted by molar-refractivity contribution is 5.97. The van der Waals surface area contributed by atoms with E-state index in [4.69, 9.17) is 9.47 Å². The van der Waals surface area contributed by atoms with Crippen LogP contribution in [0.4, 0.5) is 0 Å². The zero-order valence-corrected chi connectivity index (χ0v) is 15.9. The smallest absolute Gasteiger partial charge is 0.251 e. The topological polar surface area (TPSA) is 76.7 Å². The molecule has 140 valence electrons. The number of nitrogens with one attached hydrogen (secondary N) is 2. The fourth-order valence-electron chi connectivity index (χ4n) is 2.03. The van der Waals surface area contributed by atoms with Crippen molar-refractivity contribution < 1.29 is 19.1 Å². The summed E-state index contributed by atoms with van der Waals surface area (Å²) in [5.41, 5.74) is 0.0971. The fraction of sp³-hybridized carbons (Fsp3) is 0.579. The van der Waals surface area contributed by atoms with E-state index in [1.807, 2.05) is 34.6 Å². The van der Waals surface area contributed by atoms with Crippen LogP contribution in [0, 0.1) is 0 Å². The summed E-state index contributed by atoms with van der Waals surface area (Å²) in [7, 11) is 0. The van der Waals surface area contributed by atoms with Gasteiger partial charge in [0, 0.05) is 11.1 Å². The Hall–Kier alpha value is -2.24. The van der Waals surface area contributed by atoms with Crippen molar-refractivity contribution in [2.24, 2.45) is 0 Å². The lowest BCUT2D eigenvalue weighted by molar-refractivity contribution is -0.121. The van der Waals surface area contributed by atoms with Gasteiger partial charge in [-0.25, -0.2) is 0 Å². The van der Waals surface area contributed by atoms with Crippen LogP contribution in [-0.2, 0) is 4.79 Å². The summed E-state index contributed by atoms with van der Waals surface area (Å²) in [6.07, 6.45) is 1.75. The van der Waals surface area contributed by atoms with Gasteiger partial charge in [-0.15, -0.1) is 0 Å². The zero-order chi connectivity index (χ0) is 18.9. The second kappa shape index (κ2) is 9.91. The third-order valence-corrected chi connectivity index (χ3v) is 3.05. The molecule has 6 heteroatoms. The van der Waals surface area contributed by atoms with E-state index in [2.05, 4.69) is 10.6 Å². The fourth-order valence-corrected chi connectivity index (χ4v) is 2.03. The maximum absolute atomic E-state index is 12.3. The van der Waals surface area contributed by atoms with Crippen LogP contribution in [0.2, 0.25) is 0 Å². The summed E-state index contributed by atoms with van der Waals surface area (Å²) in [5.74, 6) is 0.609. The molecule has 0 bridgehead atoms. The normalized spacial score (nSPS) is 10.9. The lowest BCUT2D eigenvalue weighted by Gasteiger charge is -2.20. The van der Waals surface area contributed by atoms with Gasteiger partial charge in [0.2, 0.25) is 5.91 Å². The molecule has 2 N–H and O–H groups in total. The molecule has 0 fully saturated rings. The standard InChI is InChI=1S/C19H30N2O4/c1-6-10-24-15-9-8-14(12-16(15)25-11-7-2)18(23)20-13-17(22)21-19(3,4)5/h8-9,12H,6-7,10-11,13H2,1-5H3,(H,20,23)(H,21,22). The van der Waals surface area contributed by atoms with Gasteiger partial charge in [-0.3, -0.25) is 9.59 Å². The van der Waals surface area contributed by atoms with Crippen LogP contribution in [0.15, 0.2) is 18.2 Å². The van der Waals surface area contributed by atoms with Gasteiger partial charge in [0.25, 0.3) is 5.91 Å². The Kier molecular flexibility index (Phi) is 8.25. The van der Waals surface area contributed by atoms with Crippen LogP contribution in [0.1, 0.15) is 57.8 Å². The minimum absolute atomic E-state index is 0.0741. The number of benzene rings is 1. The van der Waals surface area contributed by atoms with Crippen LogP contribution >= 0.6 is 0 Å². The monoisotopic (exact) mass is 350 g/mol. The van der Waals surface area contributed by atoms with Crippen molar-refractivity contribution >= 4 is 11.8 Å². The van der Waals surface area contributed by atoms with Crippen molar-refractivity contribution in [1.82, 2.24) is 10.6 Å². The van der Waals surface area contributed by atoms with Gasteiger partial charge in [0.15, 0.2) is 11.5 Å². The molecule has 0 aliphatic heterocycles.